The van der Waals surface area contributed by atoms with Crippen LogP contribution in [0.3, 0.4) is 0 Å². The van der Waals surface area contributed by atoms with Gasteiger partial charge in [0.15, 0.2) is 0 Å². The van der Waals surface area contributed by atoms with E-state index >= 15 is 0 Å². The average molecular weight is 283 g/mol. The van der Waals surface area contributed by atoms with Crippen LogP contribution in [0.1, 0.15) is 11.3 Å². The van der Waals surface area contributed by atoms with Crippen molar-refractivity contribution in [3.05, 3.63) is 59.6 Å². The van der Waals surface area contributed by atoms with E-state index in [1.807, 2.05) is 47.3 Å². The van der Waals surface area contributed by atoms with Gasteiger partial charge in [-0.3, -0.25) is 5.43 Å². The van der Waals surface area contributed by atoms with E-state index in [9.17, 15) is 0 Å². The highest BCUT2D eigenvalue weighted by Gasteiger charge is 2.01. The summed E-state index contributed by atoms with van der Waals surface area (Å²) in [6.45, 7) is 1.96. The molecule has 100 valence electrons. The Morgan fingerprint density at radius 3 is 3.00 bits per heavy atom. The number of rotatable bonds is 4. The number of benzene rings is 1. The zero-order chi connectivity index (χ0) is 13.8. The molecule has 0 saturated heterocycles. The Morgan fingerprint density at radius 2 is 2.25 bits per heavy atom. The average Bonchev–Trinajstić information content (AvgIpc) is 3.11. The largest absolute Gasteiger partial charge is 0.306 e. The Morgan fingerprint density at radius 1 is 1.35 bits per heavy atom. The summed E-state index contributed by atoms with van der Waals surface area (Å²) in [5, 5.41) is 7.01. The normalized spacial score (nSPS) is 11.1. The van der Waals surface area contributed by atoms with E-state index in [0.29, 0.717) is 0 Å². The zero-order valence-electron chi connectivity index (χ0n) is 10.9. The minimum atomic E-state index is 0.791. The van der Waals surface area contributed by atoms with E-state index in [-0.39, 0.29) is 0 Å². The Labute approximate surface area is 120 Å². The fourth-order valence-corrected chi connectivity index (χ4v) is 2.43. The van der Waals surface area contributed by atoms with Gasteiger partial charge in [-0.05, 0) is 13.0 Å². The third kappa shape index (κ3) is 2.75. The molecule has 0 amide bonds. The molecule has 0 fully saturated rings. The maximum atomic E-state index is 4.29. The van der Waals surface area contributed by atoms with Gasteiger partial charge in [-0.1, -0.05) is 18.2 Å². The first-order valence-corrected chi connectivity index (χ1v) is 6.99. The summed E-state index contributed by atoms with van der Waals surface area (Å²) < 4.78 is 1.95. The predicted molar refractivity (Wildman–Crippen MR) is 81.6 cm³/mol. The fraction of sp³-hybridized carbons (Fsp3) is 0.0714. The molecule has 1 aromatic carbocycles. The predicted octanol–water partition coefficient (Wildman–Crippen LogP) is 3.08. The van der Waals surface area contributed by atoms with Crippen LogP contribution in [0.4, 0.5) is 5.13 Å². The van der Waals surface area contributed by atoms with Gasteiger partial charge in [-0.2, -0.15) is 5.10 Å². The van der Waals surface area contributed by atoms with E-state index in [4.69, 9.17) is 0 Å². The number of thiazole rings is 1. The van der Waals surface area contributed by atoms with Crippen molar-refractivity contribution < 1.29 is 0 Å². The maximum Gasteiger partial charge on any atom is 0.203 e. The van der Waals surface area contributed by atoms with Crippen molar-refractivity contribution in [3.63, 3.8) is 0 Å². The third-order valence-electron chi connectivity index (χ3n) is 2.70. The summed E-state index contributed by atoms with van der Waals surface area (Å²) in [6.07, 6.45) is 7.21. The van der Waals surface area contributed by atoms with Gasteiger partial charge in [0.05, 0.1) is 23.9 Å². The fourth-order valence-electron chi connectivity index (χ4n) is 1.80. The summed E-state index contributed by atoms with van der Waals surface area (Å²) in [4.78, 5) is 8.36. The van der Waals surface area contributed by atoms with Crippen molar-refractivity contribution in [2.45, 2.75) is 6.92 Å². The van der Waals surface area contributed by atoms with Crippen molar-refractivity contribution in [3.8, 4) is 5.69 Å². The van der Waals surface area contributed by atoms with Gasteiger partial charge in [0.25, 0.3) is 0 Å². The molecule has 0 aliphatic rings. The summed E-state index contributed by atoms with van der Waals surface area (Å²) in [5.41, 5.74) is 5.97. The minimum Gasteiger partial charge on any atom is -0.306 e. The number of aryl methyl sites for hydroxylation is 1. The van der Waals surface area contributed by atoms with Crippen LogP contribution in [0, 0.1) is 6.92 Å². The Bertz CT molecular complexity index is 715. The molecule has 0 bridgehead atoms. The first-order chi connectivity index (χ1) is 9.83. The molecule has 0 aliphatic heterocycles. The van der Waals surface area contributed by atoms with Gasteiger partial charge in [-0.15, -0.1) is 11.3 Å². The molecule has 1 N–H and O–H groups in total. The van der Waals surface area contributed by atoms with Crippen LogP contribution in [-0.2, 0) is 0 Å². The number of hydrogen-bond donors (Lipinski definition) is 1. The molecule has 0 saturated carbocycles. The molecule has 3 rings (SSSR count). The van der Waals surface area contributed by atoms with E-state index in [1.165, 1.54) is 11.3 Å². The molecule has 3 aromatic rings. The molecule has 6 heteroatoms. The zero-order valence-corrected chi connectivity index (χ0v) is 11.7. The molecule has 2 heterocycles. The molecule has 2 aromatic heterocycles. The standard InChI is InChI=1S/C14H13N5S/c1-11-9-20-14(17-11)18-16-8-12-4-2-3-5-13(12)19-7-6-15-10-19/h2-10H,1H3,(H,17,18). The molecule has 0 aliphatic carbocycles. The molecule has 0 atom stereocenters. The second kappa shape index (κ2) is 5.66. The highest BCUT2D eigenvalue weighted by atomic mass is 32.1. The highest BCUT2D eigenvalue weighted by Crippen LogP contribution is 2.15. The number of hydrazone groups is 1. The second-order valence-electron chi connectivity index (χ2n) is 4.19. The molecule has 0 spiro atoms. The Hall–Kier alpha value is -2.47. The summed E-state index contributed by atoms with van der Waals surface area (Å²) >= 11 is 1.54. The molecular formula is C14H13N5S. The van der Waals surface area contributed by atoms with Gasteiger partial charge >= 0.3 is 0 Å². The minimum absolute atomic E-state index is 0.791. The third-order valence-corrected chi connectivity index (χ3v) is 3.57. The first-order valence-electron chi connectivity index (χ1n) is 6.11. The van der Waals surface area contributed by atoms with E-state index in [2.05, 4.69) is 20.5 Å². The summed E-state index contributed by atoms with van der Waals surface area (Å²) in [5.74, 6) is 0. The highest BCUT2D eigenvalue weighted by molar-refractivity contribution is 7.13. The number of nitrogens with one attached hydrogen (secondary N) is 1. The van der Waals surface area contributed by atoms with Crippen molar-refractivity contribution in [2.24, 2.45) is 5.10 Å². The van der Waals surface area contributed by atoms with Crippen molar-refractivity contribution in [2.75, 3.05) is 5.43 Å². The Kier molecular flexibility index (Phi) is 3.56. The van der Waals surface area contributed by atoms with Crippen LogP contribution >= 0.6 is 11.3 Å². The van der Waals surface area contributed by atoms with Crippen LogP contribution in [0.2, 0.25) is 0 Å². The maximum absolute atomic E-state index is 4.29. The summed E-state index contributed by atoms with van der Waals surface area (Å²) in [6, 6.07) is 8.00. The monoisotopic (exact) mass is 283 g/mol. The second-order valence-corrected chi connectivity index (χ2v) is 5.05. The smallest absolute Gasteiger partial charge is 0.203 e. The lowest BCUT2D eigenvalue weighted by atomic mass is 10.2. The number of nitrogens with zero attached hydrogens (tertiary/aromatic N) is 4. The number of aromatic nitrogens is 3. The van der Waals surface area contributed by atoms with Gasteiger partial charge < -0.3 is 4.57 Å². The lowest BCUT2D eigenvalue weighted by molar-refractivity contribution is 1.05. The van der Waals surface area contributed by atoms with E-state index in [0.717, 1.165) is 22.1 Å². The summed E-state index contributed by atoms with van der Waals surface area (Å²) in [7, 11) is 0. The topological polar surface area (TPSA) is 55.1 Å². The number of hydrogen-bond acceptors (Lipinski definition) is 5. The lowest BCUT2D eigenvalue weighted by Crippen LogP contribution is -1.97. The van der Waals surface area contributed by atoms with Crippen molar-refractivity contribution >= 4 is 22.7 Å². The van der Waals surface area contributed by atoms with Crippen LogP contribution in [0.25, 0.3) is 5.69 Å². The molecule has 0 unspecified atom stereocenters. The molecule has 20 heavy (non-hydrogen) atoms. The van der Waals surface area contributed by atoms with Gasteiger partial charge in [0.2, 0.25) is 5.13 Å². The van der Waals surface area contributed by atoms with Crippen LogP contribution in [0.5, 0.6) is 0 Å². The van der Waals surface area contributed by atoms with Gasteiger partial charge in [0, 0.05) is 23.3 Å². The number of para-hydroxylation sites is 1. The van der Waals surface area contributed by atoms with Crippen molar-refractivity contribution in [1.29, 1.82) is 0 Å². The SMILES string of the molecule is Cc1csc(NN=Cc2ccccc2-n2ccnc2)n1. The van der Waals surface area contributed by atoms with Crippen LogP contribution in [-0.4, -0.2) is 20.7 Å². The van der Waals surface area contributed by atoms with Crippen LogP contribution < -0.4 is 5.43 Å². The molecule has 5 nitrogen and oxygen atoms in total. The van der Waals surface area contributed by atoms with E-state index in [1.54, 1.807) is 18.7 Å². The van der Waals surface area contributed by atoms with Crippen LogP contribution in [0.15, 0.2) is 53.5 Å². The molecular weight excluding hydrogens is 270 g/mol. The first kappa shape index (κ1) is 12.6. The lowest BCUT2D eigenvalue weighted by Gasteiger charge is -2.05. The Balaban J connectivity index is 1.80. The van der Waals surface area contributed by atoms with E-state index < -0.39 is 0 Å². The number of anilines is 1. The molecule has 0 radical (unpaired) electrons. The quantitative estimate of drug-likeness (QED) is 0.591. The van der Waals surface area contributed by atoms with Gasteiger partial charge in [0.1, 0.15) is 0 Å². The van der Waals surface area contributed by atoms with Crippen molar-refractivity contribution in [1.82, 2.24) is 14.5 Å². The van der Waals surface area contributed by atoms with Gasteiger partial charge in [-0.25, -0.2) is 9.97 Å². The number of imidazole rings is 1.